The van der Waals surface area contributed by atoms with Gasteiger partial charge in [0.25, 0.3) is 11.5 Å². The lowest BCUT2D eigenvalue weighted by Gasteiger charge is -2.20. The summed E-state index contributed by atoms with van der Waals surface area (Å²) in [7, 11) is 1.73. The summed E-state index contributed by atoms with van der Waals surface area (Å²) >= 11 is 0. The number of nitrogens with zero attached hydrogens (tertiary/aromatic N) is 3. The number of aliphatic hydroxyl groups excluding tert-OH is 2. The number of hydrogen-bond donors (Lipinski definition) is 3. The first kappa shape index (κ1) is 28.4. The number of rotatable bonds is 13. The van der Waals surface area contributed by atoms with Gasteiger partial charge in [0.2, 0.25) is 0 Å². The van der Waals surface area contributed by atoms with Crippen molar-refractivity contribution >= 4 is 16.8 Å². The fraction of sp³-hybridized carbons (Fsp3) is 0.481. The van der Waals surface area contributed by atoms with E-state index < -0.39 is 5.82 Å². The molecule has 0 spiro atoms. The molecule has 2 aromatic heterocycles. The molecule has 3 rings (SSSR count). The Morgan fingerprint density at radius 3 is 2.35 bits per heavy atom. The second-order valence-corrected chi connectivity index (χ2v) is 9.17. The van der Waals surface area contributed by atoms with Crippen molar-refractivity contribution in [3.8, 4) is 11.4 Å². The van der Waals surface area contributed by atoms with Crippen LogP contribution in [0.3, 0.4) is 0 Å². The van der Waals surface area contributed by atoms with E-state index in [9.17, 15) is 14.0 Å². The van der Waals surface area contributed by atoms with Gasteiger partial charge in [0.15, 0.2) is 11.4 Å². The van der Waals surface area contributed by atoms with E-state index in [2.05, 4.69) is 5.32 Å². The third-order valence-electron chi connectivity index (χ3n) is 6.19. The van der Waals surface area contributed by atoms with Gasteiger partial charge >= 0.3 is 0 Å². The van der Waals surface area contributed by atoms with Crippen molar-refractivity contribution in [1.82, 2.24) is 19.4 Å². The summed E-state index contributed by atoms with van der Waals surface area (Å²) < 4.78 is 22.8. The van der Waals surface area contributed by atoms with Crippen molar-refractivity contribution in [1.29, 1.82) is 0 Å². The van der Waals surface area contributed by atoms with Crippen LogP contribution < -0.4 is 15.6 Å². The van der Waals surface area contributed by atoms with Crippen molar-refractivity contribution in [3.05, 3.63) is 57.9 Å². The highest BCUT2D eigenvalue weighted by atomic mass is 19.1. The van der Waals surface area contributed by atoms with Gasteiger partial charge in [0.1, 0.15) is 11.2 Å². The molecule has 0 radical (unpaired) electrons. The molecular weight excluding hydrogens is 479 g/mol. The molecule has 37 heavy (non-hydrogen) atoms. The van der Waals surface area contributed by atoms with E-state index >= 15 is 0 Å². The van der Waals surface area contributed by atoms with E-state index in [0.29, 0.717) is 55.6 Å². The van der Waals surface area contributed by atoms with Crippen LogP contribution in [-0.2, 0) is 13.5 Å². The second kappa shape index (κ2) is 12.8. The van der Waals surface area contributed by atoms with Crippen LogP contribution in [0.1, 0.15) is 43.4 Å². The normalized spacial score (nSPS) is 11.6. The number of fused-ring (bicyclic) bond motifs is 1. The average Bonchev–Trinajstić information content (AvgIpc) is 3.13. The molecule has 9 nitrogen and oxygen atoms in total. The number of hydrogen-bond acceptors (Lipinski definition) is 6. The monoisotopic (exact) mass is 516 g/mol. The van der Waals surface area contributed by atoms with E-state index in [1.807, 2.05) is 31.7 Å². The molecule has 0 saturated carbocycles. The van der Waals surface area contributed by atoms with Crippen molar-refractivity contribution in [2.75, 3.05) is 39.4 Å². The summed E-state index contributed by atoms with van der Waals surface area (Å²) in [4.78, 5) is 29.1. The molecule has 3 N–H and O–H groups in total. The Bertz CT molecular complexity index is 1260. The van der Waals surface area contributed by atoms with Crippen LogP contribution in [0.2, 0.25) is 0 Å². The Morgan fingerprint density at radius 1 is 1.14 bits per heavy atom. The average molecular weight is 517 g/mol. The van der Waals surface area contributed by atoms with Crippen LogP contribution in [0, 0.1) is 5.82 Å². The summed E-state index contributed by atoms with van der Waals surface area (Å²) in [6.07, 6.45) is 0.883. The maximum atomic E-state index is 13.8. The zero-order chi connectivity index (χ0) is 27.1. The number of ether oxygens (including phenoxy) is 1. The third kappa shape index (κ3) is 6.38. The number of aliphatic hydroxyl groups is 2. The molecule has 3 aromatic rings. The number of halogens is 1. The highest BCUT2D eigenvalue weighted by Crippen LogP contribution is 2.32. The van der Waals surface area contributed by atoms with Crippen LogP contribution in [0.15, 0.2) is 35.1 Å². The second-order valence-electron chi connectivity index (χ2n) is 9.17. The molecule has 0 atom stereocenters. The zero-order valence-electron chi connectivity index (χ0n) is 22.0. The van der Waals surface area contributed by atoms with Crippen LogP contribution in [0.5, 0.6) is 5.75 Å². The van der Waals surface area contributed by atoms with Gasteiger partial charge in [-0.05, 0) is 63.6 Å². The molecule has 2 heterocycles. The van der Waals surface area contributed by atoms with E-state index in [1.165, 1.54) is 16.7 Å². The molecule has 0 bridgehead atoms. The summed E-state index contributed by atoms with van der Waals surface area (Å²) in [6, 6.07) is 7.59. The Labute approximate surface area is 216 Å². The number of amides is 1. The standard InChI is InChI=1S/C27H37FN4O5/c1-5-20-17-22-23(27(36)32(20)21-9-7-19(28)8-10-21)25(37-18(2)3)24(30(22)4)26(35)29-11-6-12-31(13-15-33)14-16-34/h7-10,17-18,33-34H,5-6,11-16H2,1-4H3,(H,29,35). The minimum atomic E-state index is -0.394. The van der Waals surface area contributed by atoms with Crippen LogP contribution in [0.25, 0.3) is 16.6 Å². The highest BCUT2D eigenvalue weighted by molar-refractivity contribution is 6.04. The zero-order valence-corrected chi connectivity index (χ0v) is 22.0. The van der Waals surface area contributed by atoms with Gasteiger partial charge in [-0.15, -0.1) is 0 Å². The summed E-state index contributed by atoms with van der Waals surface area (Å²) in [5, 5.41) is 21.5. The SMILES string of the molecule is CCc1cc2c(c(OC(C)C)c(C(=O)NCCCN(CCO)CCO)n2C)c(=O)n1-c1ccc(F)cc1. The minimum Gasteiger partial charge on any atom is -0.488 e. The molecule has 1 aromatic carbocycles. The van der Waals surface area contributed by atoms with Gasteiger partial charge < -0.3 is 24.8 Å². The van der Waals surface area contributed by atoms with Crippen molar-refractivity contribution in [2.24, 2.45) is 7.05 Å². The summed E-state index contributed by atoms with van der Waals surface area (Å²) in [5.41, 5.74) is 1.75. The maximum absolute atomic E-state index is 13.8. The predicted molar refractivity (Wildman–Crippen MR) is 141 cm³/mol. The van der Waals surface area contributed by atoms with Gasteiger partial charge in [0, 0.05) is 38.1 Å². The van der Waals surface area contributed by atoms with Gasteiger partial charge in [-0.25, -0.2) is 4.39 Å². The molecule has 0 aliphatic rings. The number of aryl methyl sites for hydroxylation is 2. The van der Waals surface area contributed by atoms with Crippen LogP contribution in [0.4, 0.5) is 4.39 Å². The fourth-order valence-corrected chi connectivity index (χ4v) is 4.46. The molecule has 10 heteroatoms. The van der Waals surface area contributed by atoms with Gasteiger partial charge in [-0.2, -0.15) is 0 Å². The first-order valence-electron chi connectivity index (χ1n) is 12.7. The third-order valence-corrected chi connectivity index (χ3v) is 6.19. The molecule has 202 valence electrons. The lowest BCUT2D eigenvalue weighted by molar-refractivity contribution is 0.0935. The first-order chi connectivity index (χ1) is 17.7. The topological polar surface area (TPSA) is 109 Å². The largest absolute Gasteiger partial charge is 0.488 e. The molecule has 0 saturated heterocycles. The van der Waals surface area contributed by atoms with E-state index in [-0.39, 0.29) is 42.2 Å². The fourth-order valence-electron chi connectivity index (χ4n) is 4.46. The van der Waals surface area contributed by atoms with Crippen molar-refractivity contribution < 1.29 is 24.1 Å². The number of nitrogens with one attached hydrogen (secondary N) is 1. The molecule has 0 aliphatic carbocycles. The maximum Gasteiger partial charge on any atom is 0.271 e. The Balaban J connectivity index is 2.01. The van der Waals surface area contributed by atoms with Gasteiger partial charge in [0.05, 0.1) is 24.8 Å². The number of carbonyl (C=O) groups is 1. The van der Waals surface area contributed by atoms with Crippen LogP contribution in [-0.4, -0.2) is 75.7 Å². The lowest BCUT2D eigenvalue weighted by atomic mass is 10.2. The lowest BCUT2D eigenvalue weighted by Crippen LogP contribution is -2.34. The van der Waals surface area contributed by atoms with E-state index in [1.54, 1.807) is 23.7 Å². The Hall–Kier alpha value is -3.21. The summed E-state index contributed by atoms with van der Waals surface area (Å²) in [6.45, 7) is 7.45. The van der Waals surface area contributed by atoms with Gasteiger partial charge in [-0.3, -0.25) is 19.1 Å². The number of pyridine rings is 1. The quantitative estimate of drug-likeness (QED) is 0.301. The van der Waals surface area contributed by atoms with E-state index in [0.717, 1.165) is 5.69 Å². The number of benzene rings is 1. The number of carbonyl (C=O) groups excluding carboxylic acids is 1. The highest BCUT2D eigenvalue weighted by Gasteiger charge is 2.27. The van der Waals surface area contributed by atoms with Gasteiger partial charge in [-0.1, -0.05) is 6.92 Å². The van der Waals surface area contributed by atoms with Crippen LogP contribution >= 0.6 is 0 Å². The first-order valence-corrected chi connectivity index (χ1v) is 12.7. The Morgan fingerprint density at radius 2 is 1.78 bits per heavy atom. The van der Waals surface area contributed by atoms with Crippen molar-refractivity contribution in [2.45, 2.75) is 39.7 Å². The molecule has 0 aliphatic heterocycles. The van der Waals surface area contributed by atoms with Crippen molar-refractivity contribution in [3.63, 3.8) is 0 Å². The Kier molecular flexibility index (Phi) is 9.85. The minimum absolute atomic E-state index is 0.00655. The molecule has 1 amide bonds. The smallest absolute Gasteiger partial charge is 0.271 e. The molecule has 0 unspecified atom stereocenters. The number of aromatic nitrogens is 2. The van der Waals surface area contributed by atoms with E-state index in [4.69, 9.17) is 14.9 Å². The molecule has 0 fully saturated rings. The summed E-state index contributed by atoms with van der Waals surface area (Å²) in [5.74, 6) is -0.541. The molecular formula is C27H37FN4O5. The predicted octanol–water partition coefficient (Wildman–Crippen LogP) is 2.22.